The molecule has 1 atom stereocenters. The number of aromatic nitrogens is 1. The topological polar surface area (TPSA) is 24.9 Å². The van der Waals surface area contributed by atoms with E-state index >= 15 is 0 Å². The van der Waals surface area contributed by atoms with Crippen molar-refractivity contribution in [2.45, 2.75) is 32.2 Å². The minimum absolute atomic E-state index is 0.496. The highest BCUT2D eigenvalue weighted by molar-refractivity contribution is 7.99. The number of rotatable bonds is 4. The monoisotopic (exact) mass is 242 g/mol. The highest BCUT2D eigenvalue weighted by atomic mass is 32.2. The predicted molar refractivity (Wildman–Crippen MR) is 68.8 cm³/mol. The molecule has 0 radical (unpaired) electrons. The molecule has 0 aliphatic carbocycles. The maximum atomic E-state index is 4.71. The first-order valence-electron chi connectivity index (χ1n) is 5.65. The molecule has 1 N–H and O–H groups in total. The number of nitrogens with zero attached hydrogens (tertiary/aromatic N) is 1. The summed E-state index contributed by atoms with van der Waals surface area (Å²) in [7, 11) is 0. The largest absolute Gasteiger partial charge is 0.307 e. The van der Waals surface area contributed by atoms with E-state index in [1.807, 2.05) is 23.1 Å². The van der Waals surface area contributed by atoms with E-state index in [0.29, 0.717) is 6.04 Å². The fourth-order valence-electron chi connectivity index (χ4n) is 1.68. The summed E-state index contributed by atoms with van der Waals surface area (Å²) in [6, 6.07) is 0.496. The zero-order valence-electron chi connectivity index (χ0n) is 9.16. The lowest BCUT2D eigenvalue weighted by atomic mass is 10.2. The van der Waals surface area contributed by atoms with Crippen molar-refractivity contribution in [1.29, 1.82) is 0 Å². The van der Waals surface area contributed by atoms with Crippen LogP contribution in [-0.2, 0) is 6.42 Å². The average molecular weight is 242 g/mol. The van der Waals surface area contributed by atoms with Gasteiger partial charge in [0.1, 0.15) is 0 Å². The number of nitrogens with one attached hydrogen (secondary N) is 1. The second-order valence-corrected chi connectivity index (χ2v) is 5.94. The van der Waals surface area contributed by atoms with Gasteiger partial charge in [0.2, 0.25) is 0 Å². The van der Waals surface area contributed by atoms with E-state index in [-0.39, 0.29) is 0 Å². The Morgan fingerprint density at radius 1 is 1.60 bits per heavy atom. The number of hydrogen-bond acceptors (Lipinski definition) is 4. The number of thiazole rings is 1. The molecule has 4 heteroatoms. The van der Waals surface area contributed by atoms with Gasteiger partial charge in [0.25, 0.3) is 0 Å². The molecule has 15 heavy (non-hydrogen) atoms. The Kier molecular flexibility index (Phi) is 4.47. The third-order valence-electron chi connectivity index (χ3n) is 2.59. The smallest absolute Gasteiger partial charge is 0.0928 e. The van der Waals surface area contributed by atoms with Crippen LogP contribution in [0.1, 0.15) is 36.5 Å². The Morgan fingerprint density at radius 3 is 3.27 bits per heavy atom. The van der Waals surface area contributed by atoms with Gasteiger partial charge in [-0.1, -0.05) is 13.3 Å². The fourth-order valence-corrected chi connectivity index (χ4v) is 3.53. The van der Waals surface area contributed by atoms with Gasteiger partial charge in [0, 0.05) is 23.4 Å². The van der Waals surface area contributed by atoms with Gasteiger partial charge < -0.3 is 5.32 Å². The van der Waals surface area contributed by atoms with Crippen molar-refractivity contribution < 1.29 is 0 Å². The first kappa shape index (κ1) is 11.4. The normalized spacial score (nSPS) is 21.8. The zero-order chi connectivity index (χ0) is 10.5. The van der Waals surface area contributed by atoms with E-state index in [4.69, 9.17) is 4.98 Å². The average Bonchev–Trinajstić information content (AvgIpc) is 2.76. The van der Waals surface area contributed by atoms with Crippen molar-refractivity contribution >= 4 is 23.1 Å². The lowest BCUT2D eigenvalue weighted by molar-refractivity contribution is 0.581. The minimum atomic E-state index is 0.496. The first-order chi connectivity index (χ1) is 7.40. The second-order valence-electron chi connectivity index (χ2n) is 3.85. The minimum Gasteiger partial charge on any atom is -0.307 e. The molecule has 0 bridgehead atoms. The molecule has 2 heterocycles. The van der Waals surface area contributed by atoms with Gasteiger partial charge in [-0.25, -0.2) is 4.98 Å². The molecule has 2 rings (SSSR count). The van der Waals surface area contributed by atoms with Crippen LogP contribution in [0.15, 0.2) is 5.38 Å². The Bertz CT molecular complexity index is 293. The van der Waals surface area contributed by atoms with E-state index in [9.17, 15) is 0 Å². The van der Waals surface area contributed by atoms with Crippen molar-refractivity contribution in [3.05, 3.63) is 16.1 Å². The van der Waals surface area contributed by atoms with Crippen LogP contribution in [0.25, 0.3) is 0 Å². The summed E-state index contributed by atoms with van der Waals surface area (Å²) >= 11 is 3.85. The van der Waals surface area contributed by atoms with Crippen LogP contribution in [0.3, 0.4) is 0 Å². The lowest BCUT2D eigenvalue weighted by Gasteiger charge is -2.21. The van der Waals surface area contributed by atoms with Crippen molar-refractivity contribution in [2.24, 2.45) is 0 Å². The van der Waals surface area contributed by atoms with Crippen LogP contribution < -0.4 is 5.32 Å². The zero-order valence-corrected chi connectivity index (χ0v) is 10.8. The number of aryl methyl sites for hydroxylation is 1. The molecule has 1 unspecified atom stereocenters. The van der Waals surface area contributed by atoms with Crippen LogP contribution in [0.2, 0.25) is 0 Å². The first-order valence-corrected chi connectivity index (χ1v) is 7.69. The molecule has 1 aliphatic rings. The summed E-state index contributed by atoms with van der Waals surface area (Å²) in [5.41, 5.74) is 1.26. The number of hydrogen-bond donors (Lipinski definition) is 1. The maximum Gasteiger partial charge on any atom is 0.0928 e. The van der Waals surface area contributed by atoms with Crippen molar-refractivity contribution in [3.63, 3.8) is 0 Å². The van der Waals surface area contributed by atoms with Crippen LogP contribution >= 0.6 is 23.1 Å². The van der Waals surface area contributed by atoms with Crippen LogP contribution in [-0.4, -0.2) is 23.0 Å². The van der Waals surface area contributed by atoms with Crippen LogP contribution in [0, 0.1) is 0 Å². The molecule has 0 spiro atoms. The Balaban J connectivity index is 1.93. The number of unbranched alkanes of at least 4 members (excludes halogenated alkanes) is 1. The van der Waals surface area contributed by atoms with E-state index in [1.165, 1.54) is 35.0 Å². The standard InChI is InChI=1S/C11H18N2S2/c1-2-3-4-11-13-10(8-15-11)9-7-14-6-5-12-9/h8-9,12H,2-7H2,1H3. The van der Waals surface area contributed by atoms with E-state index in [1.54, 1.807) is 0 Å². The maximum absolute atomic E-state index is 4.71. The second kappa shape index (κ2) is 5.87. The molecule has 1 saturated heterocycles. The Labute approximate surface area is 99.9 Å². The summed E-state index contributed by atoms with van der Waals surface area (Å²) in [5.74, 6) is 2.42. The highest BCUT2D eigenvalue weighted by Gasteiger charge is 2.17. The summed E-state index contributed by atoms with van der Waals surface area (Å²) in [6.45, 7) is 3.35. The van der Waals surface area contributed by atoms with E-state index in [2.05, 4.69) is 17.6 Å². The SMILES string of the molecule is CCCCc1nc(C2CSCCN2)cs1. The molecule has 2 nitrogen and oxygen atoms in total. The lowest BCUT2D eigenvalue weighted by Crippen LogP contribution is -2.30. The fraction of sp³-hybridized carbons (Fsp3) is 0.727. The van der Waals surface area contributed by atoms with Gasteiger partial charge in [-0.15, -0.1) is 11.3 Å². The molecule has 1 aromatic heterocycles. The van der Waals surface area contributed by atoms with Crippen molar-refractivity contribution in [2.75, 3.05) is 18.1 Å². The van der Waals surface area contributed by atoms with Gasteiger partial charge in [-0.3, -0.25) is 0 Å². The molecule has 1 fully saturated rings. The van der Waals surface area contributed by atoms with E-state index < -0.39 is 0 Å². The van der Waals surface area contributed by atoms with E-state index in [0.717, 1.165) is 13.0 Å². The molecule has 1 aliphatic heterocycles. The van der Waals surface area contributed by atoms with Gasteiger partial charge in [-0.2, -0.15) is 11.8 Å². The van der Waals surface area contributed by atoms with Crippen molar-refractivity contribution in [1.82, 2.24) is 10.3 Å². The summed E-state index contributed by atoms with van der Waals surface area (Å²) < 4.78 is 0. The quantitative estimate of drug-likeness (QED) is 0.879. The third kappa shape index (κ3) is 3.20. The Morgan fingerprint density at radius 2 is 2.53 bits per heavy atom. The summed E-state index contributed by atoms with van der Waals surface area (Å²) in [5, 5.41) is 7.07. The molecule has 0 amide bonds. The molecule has 1 aromatic rings. The third-order valence-corrected chi connectivity index (χ3v) is 4.58. The molecule has 0 saturated carbocycles. The number of thioether (sulfide) groups is 1. The van der Waals surface area contributed by atoms with Gasteiger partial charge in [-0.05, 0) is 12.8 Å². The summed E-state index contributed by atoms with van der Waals surface area (Å²) in [6.07, 6.45) is 3.67. The molecule has 0 aromatic carbocycles. The van der Waals surface area contributed by atoms with Crippen molar-refractivity contribution in [3.8, 4) is 0 Å². The molecular formula is C11H18N2S2. The van der Waals surface area contributed by atoms with Crippen LogP contribution in [0.5, 0.6) is 0 Å². The molecular weight excluding hydrogens is 224 g/mol. The summed E-state index contributed by atoms with van der Waals surface area (Å²) in [4.78, 5) is 4.71. The van der Waals surface area contributed by atoms with Gasteiger partial charge in [0.05, 0.1) is 16.7 Å². The predicted octanol–water partition coefficient (Wildman–Crippen LogP) is 2.86. The van der Waals surface area contributed by atoms with Gasteiger partial charge in [0.15, 0.2) is 0 Å². The van der Waals surface area contributed by atoms with Gasteiger partial charge >= 0.3 is 0 Å². The highest BCUT2D eigenvalue weighted by Crippen LogP contribution is 2.23. The van der Waals surface area contributed by atoms with Crippen LogP contribution in [0.4, 0.5) is 0 Å². The Hall–Kier alpha value is -0.0600. The molecule has 84 valence electrons.